The first kappa shape index (κ1) is 13.2. The maximum absolute atomic E-state index is 12.1. The zero-order chi connectivity index (χ0) is 14.7. The van der Waals surface area contributed by atoms with Gasteiger partial charge in [0.2, 0.25) is 12.7 Å². The second kappa shape index (κ2) is 5.70. The summed E-state index contributed by atoms with van der Waals surface area (Å²) in [6.07, 6.45) is 1.67. The van der Waals surface area contributed by atoms with Gasteiger partial charge in [0.25, 0.3) is 5.91 Å². The first-order valence-electron chi connectivity index (χ1n) is 6.43. The molecule has 0 saturated carbocycles. The SMILES string of the molecule is COc1ccc(CNC(=O)c2ccc3c(c2)OCO3)cn1. The van der Waals surface area contributed by atoms with Crippen LogP contribution in [0.15, 0.2) is 36.5 Å². The summed E-state index contributed by atoms with van der Waals surface area (Å²) in [5.41, 5.74) is 1.42. The monoisotopic (exact) mass is 286 g/mol. The molecule has 3 rings (SSSR count). The van der Waals surface area contributed by atoms with Gasteiger partial charge in [-0.1, -0.05) is 6.07 Å². The maximum Gasteiger partial charge on any atom is 0.251 e. The Morgan fingerprint density at radius 2 is 2.14 bits per heavy atom. The number of hydrogen-bond acceptors (Lipinski definition) is 5. The molecule has 21 heavy (non-hydrogen) atoms. The molecule has 6 heteroatoms. The number of pyridine rings is 1. The Balaban J connectivity index is 1.63. The number of carbonyl (C=O) groups excluding carboxylic acids is 1. The van der Waals surface area contributed by atoms with E-state index >= 15 is 0 Å². The minimum atomic E-state index is -0.177. The van der Waals surface area contributed by atoms with Gasteiger partial charge in [-0.3, -0.25) is 4.79 Å². The third-order valence-electron chi connectivity index (χ3n) is 3.09. The van der Waals surface area contributed by atoms with E-state index in [-0.39, 0.29) is 12.7 Å². The molecule has 1 aliphatic rings. The van der Waals surface area contributed by atoms with Crippen molar-refractivity contribution < 1.29 is 19.0 Å². The number of rotatable bonds is 4. The van der Waals surface area contributed by atoms with Crippen molar-refractivity contribution >= 4 is 5.91 Å². The number of aromatic nitrogens is 1. The van der Waals surface area contributed by atoms with Crippen molar-refractivity contribution in [2.75, 3.05) is 13.9 Å². The van der Waals surface area contributed by atoms with Crippen LogP contribution >= 0.6 is 0 Å². The smallest absolute Gasteiger partial charge is 0.251 e. The number of nitrogens with zero attached hydrogens (tertiary/aromatic N) is 1. The fourth-order valence-corrected chi connectivity index (χ4v) is 1.96. The van der Waals surface area contributed by atoms with E-state index in [1.807, 2.05) is 6.07 Å². The van der Waals surface area contributed by atoms with Crippen LogP contribution < -0.4 is 19.5 Å². The Kier molecular flexibility index (Phi) is 3.59. The van der Waals surface area contributed by atoms with E-state index in [9.17, 15) is 4.79 Å². The van der Waals surface area contributed by atoms with Crippen molar-refractivity contribution in [2.24, 2.45) is 0 Å². The van der Waals surface area contributed by atoms with E-state index in [0.29, 0.717) is 29.5 Å². The molecule has 1 N–H and O–H groups in total. The maximum atomic E-state index is 12.1. The summed E-state index contributed by atoms with van der Waals surface area (Å²) in [6, 6.07) is 8.71. The lowest BCUT2D eigenvalue weighted by atomic mass is 10.2. The van der Waals surface area contributed by atoms with Gasteiger partial charge < -0.3 is 19.5 Å². The highest BCUT2D eigenvalue weighted by Gasteiger charge is 2.16. The molecule has 0 bridgehead atoms. The average Bonchev–Trinajstić information content (AvgIpc) is 3.00. The summed E-state index contributed by atoms with van der Waals surface area (Å²) in [5, 5.41) is 2.83. The number of benzene rings is 1. The fourth-order valence-electron chi connectivity index (χ4n) is 1.96. The van der Waals surface area contributed by atoms with Crippen LogP contribution in [0.1, 0.15) is 15.9 Å². The number of nitrogens with one attached hydrogen (secondary N) is 1. The molecule has 1 aromatic carbocycles. The molecule has 0 atom stereocenters. The second-order valence-corrected chi connectivity index (χ2v) is 4.46. The summed E-state index contributed by atoms with van der Waals surface area (Å²) < 4.78 is 15.4. The molecule has 6 nitrogen and oxygen atoms in total. The first-order valence-corrected chi connectivity index (χ1v) is 6.43. The molecule has 0 radical (unpaired) electrons. The Morgan fingerprint density at radius 1 is 1.29 bits per heavy atom. The lowest BCUT2D eigenvalue weighted by Crippen LogP contribution is -2.22. The largest absolute Gasteiger partial charge is 0.481 e. The van der Waals surface area contributed by atoms with Crippen molar-refractivity contribution in [1.29, 1.82) is 0 Å². The van der Waals surface area contributed by atoms with Crippen molar-refractivity contribution in [3.63, 3.8) is 0 Å². The molecule has 2 aromatic rings. The van der Waals surface area contributed by atoms with Gasteiger partial charge in [-0.05, 0) is 23.8 Å². The molecule has 1 aliphatic heterocycles. The van der Waals surface area contributed by atoms with Gasteiger partial charge in [-0.2, -0.15) is 0 Å². The van der Waals surface area contributed by atoms with Gasteiger partial charge in [0.05, 0.1) is 7.11 Å². The molecular formula is C15H14N2O4. The third kappa shape index (κ3) is 2.89. The predicted octanol–water partition coefficient (Wildman–Crippen LogP) is 1.75. The van der Waals surface area contributed by atoms with Crippen LogP contribution in [0.5, 0.6) is 17.4 Å². The number of ether oxygens (including phenoxy) is 3. The van der Waals surface area contributed by atoms with Gasteiger partial charge in [-0.15, -0.1) is 0 Å². The number of carbonyl (C=O) groups is 1. The normalized spacial score (nSPS) is 12.0. The Bertz CT molecular complexity index is 655. The highest BCUT2D eigenvalue weighted by atomic mass is 16.7. The summed E-state index contributed by atoms with van der Waals surface area (Å²) in [4.78, 5) is 16.2. The molecule has 108 valence electrons. The zero-order valence-corrected chi connectivity index (χ0v) is 11.5. The van der Waals surface area contributed by atoms with Gasteiger partial charge >= 0.3 is 0 Å². The topological polar surface area (TPSA) is 69.7 Å². The van der Waals surface area contributed by atoms with Crippen LogP contribution in [0.2, 0.25) is 0 Å². The minimum absolute atomic E-state index is 0.177. The van der Waals surface area contributed by atoms with E-state index in [4.69, 9.17) is 14.2 Å². The molecule has 0 spiro atoms. The molecule has 0 unspecified atom stereocenters. The number of fused-ring (bicyclic) bond motifs is 1. The van der Waals surface area contributed by atoms with Crippen molar-refractivity contribution in [3.05, 3.63) is 47.7 Å². The molecular weight excluding hydrogens is 272 g/mol. The van der Waals surface area contributed by atoms with Gasteiger partial charge in [0.1, 0.15) is 0 Å². The Hall–Kier alpha value is -2.76. The lowest BCUT2D eigenvalue weighted by molar-refractivity contribution is 0.0950. The molecule has 0 aliphatic carbocycles. The number of hydrogen-bond donors (Lipinski definition) is 1. The third-order valence-corrected chi connectivity index (χ3v) is 3.09. The van der Waals surface area contributed by atoms with E-state index in [2.05, 4.69) is 10.3 Å². The first-order chi connectivity index (χ1) is 10.3. The van der Waals surface area contributed by atoms with Crippen LogP contribution in [0.25, 0.3) is 0 Å². The number of methoxy groups -OCH3 is 1. The highest BCUT2D eigenvalue weighted by molar-refractivity contribution is 5.94. The summed E-state index contributed by atoms with van der Waals surface area (Å²) >= 11 is 0. The van der Waals surface area contributed by atoms with Crippen molar-refractivity contribution in [3.8, 4) is 17.4 Å². The quantitative estimate of drug-likeness (QED) is 0.927. The van der Waals surface area contributed by atoms with E-state index in [0.717, 1.165) is 5.56 Å². The van der Waals surface area contributed by atoms with Crippen LogP contribution in [0.3, 0.4) is 0 Å². The Labute approximate surface area is 121 Å². The number of amides is 1. The predicted molar refractivity (Wildman–Crippen MR) is 74.5 cm³/mol. The van der Waals surface area contributed by atoms with Crippen LogP contribution in [0.4, 0.5) is 0 Å². The zero-order valence-electron chi connectivity index (χ0n) is 11.5. The van der Waals surface area contributed by atoms with Gasteiger partial charge in [0.15, 0.2) is 11.5 Å². The molecule has 0 saturated heterocycles. The Morgan fingerprint density at radius 3 is 2.90 bits per heavy atom. The van der Waals surface area contributed by atoms with Crippen molar-refractivity contribution in [1.82, 2.24) is 10.3 Å². The van der Waals surface area contributed by atoms with E-state index in [1.165, 1.54) is 0 Å². The molecule has 0 fully saturated rings. The fraction of sp³-hybridized carbons (Fsp3) is 0.200. The minimum Gasteiger partial charge on any atom is -0.481 e. The summed E-state index contributed by atoms with van der Waals surface area (Å²) in [6.45, 7) is 0.586. The molecule has 1 aromatic heterocycles. The highest BCUT2D eigenvalue weighted by Crippen LogP contribution is 2.32. The molecule has 2 heterocycles. The average molecular weight is 286 g/mol. The van der Waals surface area contributed by atoms with E-state index in [1.54, 1.807) is 37.6 Å². The lowest BCUT2D eigenvalue weighted by Gasteiger charge is -2.06. The molecule has 1 amide bonds. The van der Waals surface area contributed by atoms with Gasteiger partial charge in [-0.25, -0.2) is 4.98 Å². The van der Waals surface area contributed by atoms with Crippen molar-refractivity contribution in [2.45, 2.75) is 6.54 Å². The standard InChI is InChI=1S/C15H14N2O4/c1-19-14-5-2-10(7-16-14)8-17-15(18)11-3-4-12-13(6-11)21-9-20-12/h2-7H,8-9H2,1H3,(H,17,18). The summed E-state index contributed by atoms with van der Waals surface area (Å²) in [5.74, 6) is 1.62. The second-order valence-electron chi connectivity index (χ2n) is 4.46. The van der Waals surface area contributed by atoms with Crippen LogP contribution in [-0.4, -0.2) is 24.8 Å². The van der Waals surface area contributed by atoms with E-state index < -0.39 is 0 Å². The van der Waals surface area contributed by atoms with Crippen LogP contribution in [0, 0.1) is 0 Å². The summed E-state index contributed by atoms with van der Waals surface area (Å²) in [7, 11) is 1.56. The van der Waals surface area contributed by atoms with Gasteiger partial charge in [0, 0.05) is 24.4 Å². The van der Waals surface area contributed by atoms with Crippen LogP contribution in [-0.2, 0) is 6.54 Å².